The lowest BCUT2D eigenvalue weighted by Crippen LogP contribution is -2.18. The summed E-state index contributed by atoms with van der Waals surface area (Å²) in [5, 5.41) is 5.62. The summed E-state index contributed by atoms with van der Waals surface area (Å²) < 4.78 is 9.37. The largest absolute Gasteiger partial charge is 0.490 e. The fraction of sp³-hybridized carbons (Fsp3) is 0.238. The highest BCUT2D eigenvalue weighted by atomic mass is 16.5. The standard InChI is InChI=1S/C21H22N6O3/c1-14-16(15(2)27-19(23-14)12-21(29)25-27)11-20(28)24-17-5-3-4-6-18(17)30-10-9-26-8-7-22-13-26/h3-8,12-13H,9-11H2,1-2H3,(H,24,28)(H,25,29). The number of carbonyl (C=O) groups is 1. The van der Waals surface area contributed by atoms with E-state index in [1.807, 2.05) is 42.8 Å². The molecule has 0 aliphatic rings. The number of rotatable bonds is 7. The number of imidazole rings is 1. The molecule has 154 valence electrons. The maximum atomic E-state index is 12.8. The number of nitrogens with one attached hydrogen (secondary N) is 2. The summed E-state index contributed by atoms with van der Waals surface area (Å²) in [6.07, 6.45) is 5.44. The third kappa shape index (κ3) is 4.09. The number of carbonyl (C=O) groups excluding carboxylic acids is 1. The first kappa shape index (κ1) is 19.4. The Labute approximate surface area is 172 Å². The molecule has 4 aromatic rings. The highest BCUT2D eigenvalue weighted by Crippen LogP contribution is 2.24. The molecule has 0 saturated carbocycles. The van der Waals surface area contributed by atoms with Gasteiger partial charge in [0, 0.05) is 35.4 Å². The first-order valence-corrected chi connectivity index (χ1v) is 9.56. The molecule has 2 N–H and O–H groups in total. The summed E-state index contributed by atoms with van der Waals surface area (Å²) in [6.45, 7) is 4.79. The van der Waals surface area contributed by atoms with E-state index >= 15 is 0 Å². The van der Waals surface area contributed by atoms with E-state index in [0.29, 0.717) is 35.9 Å². The van der Waals surface area contributed by atoms with E-state index in [1.54, 1.807) is 23.1 Å². The third-order valence-corrected chi connectivity index (χ3v) is 4.87. The minimum atomic E-state index is -0.228. The molecule has 3 heterocycles. The predicted molar refractivity (Wildman–Crippen MR) is 112 cm³/mol. The number of aromatic amines is 1. The molecule has 0 aliphatic heterocycles. The van der Waals surface area contributed by atoms with Gasteiger partial charge in [-0.15, -0.1) is 0 Å². The number of para-hydroxylation sites is 2. The molecule has 9 nitrogen and oxygen atoms in total. The molecule has 0 fully saturated rings. The van der Waals surface area contributed by atoms with Crippen molar-refractivity contribution in [1.82, 2.24) is 24.1 Å². The number of amides is 1. The fourth-order valence-electron chi connectivity index (χ4n) is 3.34. The normalized spacial score (nSPS) is 11.0. The molecule has 3 aromatic heterocycles. The number of hydrogen-bond acceptors (Lipinski definition) is 5. The van der Waals surface area contributed by atoms with Crippen LogP contribution >= 0.6 is 0 Å². The maximum Gasteiger partial charge on any atom is 0.266 e. The van der Waals surface area contributed by atoms with Crippen molar-refractivity contribution in [3.8, 4) is 5.75 Å². The summed E-state index contributed by atoms with van der Waals surface area (Å²) in [7, 11) is 0. The van der Waals surface area contributed by atoms with E-state index in [9.17, 15) is 9.59 Å². The average Bonchev–Trinajstić information content (AvgIpc) is 3.36. The number of hydrogen-bond donors (Lipinski definition) is 2. The van der Waals surface area contributed by atoms with Crippen molar-refractivity contribution in [2.24, 2.45) is 0 Å². The average molecular weight is 406 g/mol. The molecule has 1 amide bonds. The molecular formula is C21H22N6O3. The summed E-state index contributed by atoms with van der Waals surface area (Å²) in [4.78, 5) is 32.8. The van der Waals surface area contributed by atoms with Crippen molar-refractivity contribution >= 4 is 17.2 Å². The minimum Gasteiger partial charge on any atom is -0.490 e. The Morgan fingerprint density at radius 2 is 2.10 bits per heavy atom. The Morgan fingerprint density at radius 3 is 2.90 bits per heavy atom. The van der Waals surface area contributed by atoms with Crippen LogP contribution in [0.5, 0.6) is 5.75 Å². The zero-order chi connectivity index (χ0) is 21.1. The Hall–Kier alpha value is -3.88. The topological polar surface area (TPSA) is 106 Å². The van der Waals surface area contributed by atoms with Crippen molar-refractivity contribution < 1.29 is 9.53 Å². The first-order valence-electron chi connectivity index (χ1n) is 9.56. The van der Waals surface area contributed by atoms with E-state index in [-0.39, 0.29) is 17.9 Å². The lowest BCUT2D eigenvalue weighted by atomic mass is 10.1. The second-order valence-electron chi connectivity index (χ2n) is 6.95. The van der Waals surface area contributed by atoms with Gasteiger partial charge in [-0.25, -0.2) is 14.5 Å². The van der Waals surface area contributed by atoms with Crippen LogP contribution < -0.4 is 15.6 Å². The van der Waals surface area contributed by atoms with Crippen LogP contribution in [0.15, 0.2) is 53.8 Å². The lowest BCUT2D eigenvalue weighted by Gasteiger charge is -2.14. The van der Waals surface area contributed by atoms with E-state index in [1.165, 1.54) is 6.07 Å². The summed E-state index contributed by atoms with van der Waals surface area (Å²) >= 11 is 0. The molecule has 0 saturated heterocycles. The number of aromatic nitrogens is 5. The molecular weight excluding hydrogens is 384 g/mol. The number of H-pyrrole nitrogens is 1. The van der Waals surface area contributed by atoms with Gasteiger partial charge in [0.2, 0.25) is 5.91 Å². The Bertz CT molecular complexity index is 1240. The van der Waals surface area contributed by atoms with Gasteiger partial charge in [-0.05, 0) is 26.0 Å². The van der Waals surface area contributed by atoms with Gasteiger partial charge < -0.3 is 14.6 Å². The molecule has 0 unspecified atom stereocenters. The molecule has 0 bridgehead atoms. The monoisotopic (exact) mass is 406 g/mol. The van der Waals surface area contributed by atoms with Crippen LogP contribution in [0.1, 0.15) is 17.0 Å². The van der Waals surface area contributed by atoms with Gasteiger partial charge in [-0.2, -0.15) is 0 Å². The summed E-state index contributed by atoms with van der Waals surface area (Å²) in [6, 6.07) is 8.75. The highest BCUT2D eigenvalue weighted by Gasteiger charge is 2.15. The van der Waals surface area contributed by atoms with E-state index in [0.717, 1.165) is 11.3 Å². The van der Waals surface area contributed by atoms with Crippen LogP contribution in [0.3, 0.4) is 0 Å². The number of nitrogens with zero attached hydrogens (tertiary/aromatic N) is 4. The molecule has 9 heteroatoms. The van der Waals surface area contributed by atoms with Crippen LogP contribution in [-0.4, -0.2) is 36.7 Å². The summed E-state index contributed by atoms with van der Waals surface area (Å²) in [5.41, 5.74) is 3.17. The predicted octanol–water partition coefficient (Wildman–Crippen LogP) is 2.10. The zero-order valence-corrected chi connectivity index (χ0v) is 16.8. The van der Waals surface area contributed by atoms with E-state index in [4.69, 9.17) is 4.74 Å². The number of fused-ring (bicyclic) bond motifs is 1. The van der Waals surface area contributed by atoms with Gasteiger partial charge >= 0.3 is 0 Å². The molecule has 0 spiro atoms. The maximum absolute atomic E-state index is 12.8. The number of ether oxygens (including phenoxy) is 1. The van der Waals surface area contributed by atoms with Crippen molar-refractivity contribution in [1.29, 1.82) is 0 Å². The van der Waals surface area contributed by atoms with Gasteiger partial charge in [0.1, 0.15) is 12.4 Å². The second-order valence-corrected chi connectivity index (χ2v) is 6.95. The Kier molecular flexibility index (Phi) is 5.34. The van der Waals surface area contributed by atoms with E-state index < -0.39 is 0 Å². The molecule has 0 radical (unpaired) electrons. The summed E-state index contributed by atoms with van der Waals surface area (Å²) in [5.74, 6) is 0.408. The van der Waals surface area contributed by atoms with Crippen molar-refractivity contribution in [2.75, 3.05) is 11.9 Å². The van der Waals surface area contributed by atoms with Gasteiger partial charge in [-0.3, -0.25) is 14.7 Å². The quantitative estimate of drug-likeness (QED) is 0.489. The number of benzene rings is 1. The first-order chi connectivity index (χ1) is 14.5. The van der Waals surface area contributed by atoms with Crippen LogP contribution in [0.4, 0.5) is 5.69 Å². The smallest absolute Gasteiger partial charge is 0.266 e. The molecule has 1 aromatic carbocycles. The number of anilines is 1. The van der Waals surface area contributed by atoms with Crippen LogP contribution in [0.2, 0.25) is 0 Å². The highest BCUT2D eigenvalue weighted by molar-refractivity contribution is 5.94. The lowest BCUT2D eigenvalue weighted by molar-refractivity contribution is -0.115. The number of aryl methyl sites for hydroxylation is 2. The Morgan fingerprint density at radius 1 is 1.27 bits per heavy atom. The molecule has 30 heavy (non-hydrogen) atoms. The van der Waals surface area contributed by atoms with Crippen molar-refractivity contribution in [3.63, 3.8) is 0 Å². The second kappa shape index (κ2) is 8.24. The zero-order valence-electron chi connectivity index (χ0n) is 16.8. The van der Waals surface area contributed by atoms with Crippen molar-refractivity contribution in [3.05, 3.63) is 76.4 Å². The van der Waals surface area contributed by atoms with Crippen molar-refractivity contribution in [2.45, 2.75) is 26.8 Å². The molecule has 4 rings (SSSR count). The van der Waals surface area contributed by atoms with Gasteiger partial charge in [0.25, 0.3) is 5.56 Å². The van der Waals surface area contributed by atoms with Crippen LogP contribution in [0, 0.1) is 13.8 Å². The fourth-order valence-corrected chi connectivity index (χ4v) is 3.34. The van der Waals surface area contributed by atoms with Gasteiger partial charge in [-0.1, -0.05) is 12.1 Å². The SMILES string of the molecule is Cc1nc2cc(=O)[nH]n2c(C)c1CC(=O)Nc1ccccc1OCCn1ccnc1. The third-order valence-electron chi connectivity index (χ3n) is 4.87. The minimum absolute atomic E-state index is 0.129. The van der Waals surface area contributed by atoms with Crippen LogP contribution in [0.25, 0.3) is 5.65 Å². The van der Waals surface area contributed by atoms with Crippen LogP contribution in [-0.2, 0) is 17.8 Å². The Balaban J connectivity index is 1.47. The van der Waals surface area contributed by atoms with Gasteiger partial charge in [0.15, 0.2) is 5.65 Å². The van der Waals surface area contributed by atoms with Gasteiger partial charge in [0.05, 0.1) is 25.0 Å². The molecule has 0 aliphatic carbocycles. The van der Waals surface area contributed by atoms with E-state index in [2.05, 4.69) is 20.4 Å². The molecule has 0 atom stereocenters.